The monoisotopic (exact) mass is 353 g/mol. The number of halogens is 1. The third-order valence-corrected chi connectivity index (χ3v) is 4.22. The number of nitrogens with one attached hydrogen (secondary N) is 1. The number of anilines is 1. The minimum Gasteiger partial charge on any atom is -0.493 e. The Bertz CT molecular complexity index is 801. The van der Waals surface area contributed by atoms with Gasteiger partial charge in [-0.3, -0.25) is 4.72 Å². The highest BCUT2D eigenvalue weighted by atomic mass is 35.5. The van der Waals surface area contributed by atoms with E-state index in [0.717, 1.165) is 11.0 Å². The first-order valence-corrected chi connectivity index (χ1v) is 8.54. The molecule has 0 spiro atoms. The Balaban J connectivity index is 2.16. The molecule has 0 aliphatic carbocycles. The molecule has 0 aromatic heterocycles. The number of rotatable bonds is 6. The van der Waals surface area contributed by atoms with Crippen molar-refractivity contribution in [2.45, 2.75) is 0 Å². The highest BCUT2D eigenvalue weighted by Gasteiger charge is 2.09. The first kappa shape index (κ1) is 17.2. The van der Waals surface area contributed by atoms with Crippen LogP contribution in [0.15, 0.2) is 47.9 Å². The first-order valence-electron chi connectivity index (χ1n) is 6.62. The van der Waals surface area contributed by atoms with E-state index in [1.807, 2.05) is 0 Å². The molecule has 0 aliphatic heterocycles. The molecule has 0 saturated carbocycles. The Morgan fingerprint density at radius 1 is 1.00 bits per heavy atom. The minimum absolute atomic E-state index is 0.378. The molecule has 0 amide bonds. The van der Waals surface area contributed by atoms with E-state index in [1.165, 1.54) is 20.3 Å². The molecule has 2 aromatic carbocycles. The van der Waals surface area contributed by atoms with E-state index in [-0.39, 0.29) is 0 Å². The molecule has 0 atom stereocenters. The van der Waals surface area contributed by atoms with Crippen LogP contribution < -0.4 is 14.2 Å². The lowest BCUT2D eigenvalue weighted by Gasteiger charge is -2.10. The number of hydrogen-bond acceptors (Lipinski definition) is 4. The van der Waals surface area contributed by atoms with Crippen LogP contribution in [-0.4, -0.2) is 22.6 Å². The summed E-state index contributed by atoms with van der Waals surface area (Å²) in [6, 6.07) is 11.6. The summed E-state index contributed by atoms with van der Waals surface area (Å²) in [6.45, 7) is 0. The van der Waals surface area contributed by atoms with Crippen LogP contribution in [-0.2, 0) is 10.0 Å². The van der Waals surface area contributed by atoms with Crippen LogP contribution in [0.2, 0.25) is 5.02 Å². The lowest BCUT2D eigenvalue weighted by atomic mass is 10.2. The number of methoxy groups -OCH3 is 2. The second kappa shape index (κ2) is 7.39. The summed E-state index contributed by atoms with van der Waals surface area (Å²) in [5.74, 6) is 0.960. The van der Waals surface area contributed by atoms with Gasteiger partial charge >= 0.3 is 0 Å². The summed E-state index contributed by atoms with van der Waals surface area (Å²) >= 11 is 5.79. The van der Waals surface area contributed by atoms with Crippen LogP contribution >= 0.6 is 11.6 Å². The summed E-state index contributed by atoms with van der Waals surface area (Å²) in [7, 11) is -0.654. The average molecular weight is 354 g/mol. The van der Waals surface area contributed by atoms with Crippen LogP contribution in [0.1, 0.15) is 5.56 Å². The average Bonchev–Trinajstić information content (AvgIpc) is 2.54. The Morgan fingerprint density at radius 2 is 1.65 bits per heavy atom. The molecular weight excluding hydrogens is 338 g/mol. The predicted molar refractivity (Wildman–Crippen MR) is 92.6 cm³/mol. The van der Waals surface area contributed by atoms with Crippen molar-refractivity contribution in [1.82, 2.24) is 0 Å². The molecular formula is C16H16ClNO4S. The van der Waals surface area contributed by atoms with E-state index < -0.39 is 10.0 Å². The van der Waals surface area contributed by atoms with Crippen molar-refractivity contribution in [3.8, 4) is 11.5 Å². The van der Waals surface area contributed by atoms with Crippen molar-refractivity contribution in [3.63, 3.8) is 0 Å². The molecule has 0 saturated heterocycles. The molecule has 5 nitrogen and oxygen atoms in total. The van der Waals surface area contributed by atoms with Crippen molar-refractivity contribution in [1.29, 1.82) is 0 Å². The van der Waals surface area contributed by atoms with Gasteiger partial charge in [-0.1, -0.05) is 23.7 Å². The topological polar surface area (TPSA) is 64.6 Å². The van der Waals surface area contributed by atoms with Gasteiger partial charge in [-0.05, 0) is 35.9 Å². The highest BCUT2D eigenvalue weighted by Crippen LogP contribution is 2.30. The van der Waals surface area contributed by atoms with Gasteiger partial charge in [-0.2, -0.15) is 0 Å². The fourth-order valence-corrected chi connectivity index (χ4v) is 2.83. The maximum atomic E-state index is 12.1. The van der Waals surface area contributed by atoms with E-state index in [1.54, 1.807) is 42.5 Å². The van der Waals surface area contributed by atoms with Crippen LogP contribution in [0.4, 0.5) is 5.69 Å². The Kier molecular flexibility index (Phi) is 5.52. The van der Waals surface area contributed by atoms with Crippen LogP contribution in [0, 0.1) is 0 Å². The number of ether oxygens (including phenoxy) is 2. The molecule has 0 fully saturated rings. The van der Waals surface area contributed by atoms with Crippen LogP contribution in [0.5, 0.6) is 11.5 Å². The third-order valence-electron chi connectivity index (χ3n) is 2.95. The van der Waals surface area contributed by atoms with E-state index in [0.29, 0.717) is 22.2 Å². The highest BCUT2D eigenvalue weighted by molar-refractivity contribution is 7.95. The van der Waals surface area contributed by atoms with Gasteiger partial charge in [0.1, 0.15) is 0 Å². The van der Waals surface area contributed by atoms with Crippen molar-refractivity contribution >= 4 is 33.4 Å². The quantitative estimate of drug-likeness (QED) is 0.858. The lowest BCUT2D eigenvalue weighted by Crippen LogP contribution is -2.09. The molecule has 0 heterocycles. The minimum atomic E-state index is -3.65. The van der Waals surface area contributed by atoms with Crippen molar-refractivity contribution in [3.05, 3.63) is 58.5 Å². The van der Waals surface area contributed by atoms with E-state index in [2.05, 4.69) is 4.72 Å². The fourth-order valence-electron chi connectivity index (χ4n) is 1.84. The van der Waals surface area contributed by atoms with Crippen LogP contribution in [0.25, 0.3) is 6.08 Å². The summed E-state index contributed by atoms with van der Waals surface area (Å²) in [5.41, 5.74) is 1.11. The number of benzene rings is 2. The predicted octanol–water partition coefficient (Wildman–Crippen LogP) is 3.77. The molecule has 0 bridgehead atoms. The molecule has 0 radical (unpaired) electrons. The van der Waals surface area contributed by atoms with E-state index >= 15 is 0 Å². The van der Waals surface area contributed by atoms with Gasteiger partial charge in [0.2, 0.25) is 0 Å². The van der Waals surface area contributed by atoms with Gasteiger partial charge < -0.3 is 9.47 Å². The normalized spacial score (nSPS) is 11.4. The maximum absolute atomic E-state index is 12.1. The molecule has 7 heteroatoms. The van der Waals surface area contributed by atoms with Gasteiger partial charge in [0.05, 0.1) is 25.3 Å². The van der Waals surface area contributed by atoms with Gasteiger partial charge in [0.25, 0.3) is 10.0 Å². The SMILES string of the molecule is COc1ccc(NS(=O)(=O)/C=C/c2ccc(Cl)cc2)cc1OC. The maximum Gasteiger partial charge on any atom is 0.255 e. The molecule has 2 aromatic rings. The Hall–Kier alpha value is -2.18. The third kappa shape index (κ3) is 4.91. The molecule has 2 rings (SSSR count). The molecule has 0 unspecified atom stereocenters. The Morgan fingerprint density at radius 3 is 2.26 bits per heavy atom. The molecule has 0 aliphatic rings. The standard InChI is InChI=1S/C16H16ClNO4S/c1-21-15-8-7-14(11-16(15)22-2)18-23(19,20)10-9-12-3-5-13(17)6-4-12/h3-11,18H,1-2H3/b10-9+. The lowest BCUT2D eigenvalue weighted by molar-refractivity contribution is 0.355. The van der Waals surface area contributed by atoms with Crippen molar-refractivity contribution in [2.75, 3.05) is 18.9 Å². The largest absolute Gasteiger partial charge is 0.493 e. The van der Waals surface area contributed by atoms with Gasteiger partial charge in [-0.15, -0.1) is 0 Å². The van der Waals surface area contributed by atoms with Gasteiger partial charge in [0.15, 0.2) is 11.5 Å². The second-order valence-electron chi connectivity index (χ2n) is 4.57. The zero-order valence-electron chi connectivity index (χ0n) is 12.6. The summed E-state index contributed by atoms with van der Waals surface area (Å²) in [6.07, 6.45) is 1.49. The van der Waals surface area contributed by atoms with Crippen molar-refractivity contribution < 1.29 is 17.9 Å². The smallest absolute Gasteiger partial charge is 0.255 e. The van der Waals surface area contributed by atoms with Gasteiger partial charge in [0, 0.05) is 11.1 Å². The molecule has 23 heavy (non-hydrogen) atoms. The van der Waals surface area contributed by atoms with E-state index in [4.69, 9.17) is 21.1 Å². The number of hydrogen-bond donors (Lipinski definition) is 1. The molecule has 1 N–H and O–H groups in total. The first-order chi connectivity index (χ1) is 10.9. The fraction of sp³-hybridized carbons (Fsp3) is 0.125. The second-order valence-corrected chi connectivity index (χ2v) is 6.57. The molecule has 122 valence electrons. The zero-order chi connectivity index (χ0) is 16.9. The van der Waals surface area contributed by atoms with Crippen molar-refractivity contribution in [2.24, 2.45) is 0 Å². The summed E-state index contributed by atoms with van der Waals surface area (Å²) in [5, 5.41) is 1.68. The number of sulfonamides is 1. The summed E-state index contributed by atoms with van der Waals surface area (Å²) in [4.78, 5) is 0. The summed E-state index contributed by atoms with van der Waals surface area (Å²) < 4.78 is 36.9. The van der Waals surface area contributed by atoms with Gasteiger partial charge in [-0.25, -0.2) is 8.42 Å². The zero-order valence-corrected chi connectivity index (χ0v) is 14.2. The van der Waals surface area contributed by atoms with E-state index in [9.17, 15) is 8.42 Å². The Labute approximate surface area is 140 Å². The van der Waals surface area contributed by atoms with Crippen LogP contribution in [0.3, 0.4) is 0 Å².